The second-order valence-corrected chi connectivity index (χ2v) is 6.23. The van der Waals surface area contributed by atoms with E-state index in [1.807, 2.05) is 20.8 Å². The fourth-order valence-corrected chi connectivity index (χ4v) is 1.94. The Bertz CT molecular complexity index is 502. The standard InChI is InChI=1S/C12H15BrFN3OS/c1-12(2,3)15-11(19)17-16-10(18)8-6-7(13)4-5-9(8)14/h4-6H,1-3H3,(H,16,18)(H2,15,17,19). The normalized spacial score (nSPS) is 10.8. The summed E-state index contributed by atoms with van der Waals surface area (Å²) in [6.45, 7) is 5.78. The van der Waals surface area contributed by atoms with Crippen molar-refractivity contribution < 1.29 is 9.18 Å². The molecule has 104 valence electrons. The minimum Gasteiger partial charge on any atom is -0.357 e. The maximum Gasteiger partial charge on any atom is 0.272 e. The van der Waals surface area contributed by atoms with Crippen molar-refractivity contribution in [2.24, 2.45) is 0 Å². The molecule has 0 aliphatic heterocycles. The van der Waals surface area contributed by atoms with E-state index in [9.17, 15) is 9.18 Å². The van der Waals surface area contributed by atoms with E-state index in [-0.39, 0.29) is 16.2 Å². The van der Waals surface area contributed by atoms with Crippen LogP contribution in [0, 0.1) is 5.82 Å². The van der Waals surface area contributed by atoms with Crippen molar-refractivity contribution in [1.82, 2.24) is 16.2 Å². The summed E-state index contributed by atoms with van der Waals surface area (Å²) < 4.78 is 14.1. The average Bonchev–Trinajstić information content (AvgIpc) is 2.27. The number of halogens is 2. The highest BCUT2D eigenvalue weighted by molar-refractivity contribution is 9.10. The minimum atomic E-state index is -0.600. The van der Waals surface area contributed by atoms with Gasteiger partial charge < -0.3 is 5.32 Å². The number of benzene rings is 1. The number of nitrogens with one attached hydrogen (secondary N) is 3. The third-order valence-corrected chi connectivity index (χ3v) is 2.65. The lowest BCUT2D eigenvalue weighted by atomic mass is 10.1. The maximum absolute atomic E-state index is 13.5. The molecule has 0 heterocycles. The molecule has 1 aromatic rings. The van der Waals surface area contributed by atoms with Gasteiger partial charge >= 0.3 is 0 Å². The van der Waals surface area contributed by atoms with Gasteiger partial charge in [0.05, 0.1) is 5.56 Å². The van der Waals surface area contributed by atoms with Crippen LogP contribution in [-0.4, -0.2) is 16.6 Å². The molecule has 3 N–H and O–H groups in total. The minimum absolute atomic E-state index is 0.0690. The lowest BCUT2D eigenvalue weighted by Crippen LogP contribution is -2.52. The smallest absolute Gasteiger partial charge is 0.272 e. The summed E-state index contributed by atoms with van der Waals surface area (Å²) in [7, 11) is 0. The van der Waals surface area contributed by atoms with E-state index in [2.05, 4.69) is 32.1 Å². The fraction of sp³-hybridized carbons (Fsp3) is 0.333. The van der Waals surface area contributed by atoms with E-state index >= 15 is 0 Å². The Labute approximate surface area is 125 Å². The molecule has 0 aliphatic rings. The van der Waals surface area contributed by atoms with Crippen molar-refractivity contribution in [2.75, 3.05) is 0 Å². The van der Waals surface area contributed by atoms with E-state index in [4.69, 9.17) is 12.2 Å². The molecule has 0 aromatic heterocycles. The lowest BCUT2D eigenvalue weighted by Gasteiger charge is -2.23. The van der Waals surface area contributed by atoms with Crippen LogP contribution in [-0.2, 0) is 0 Å². The second kappa shape index (κ2) is 6.29. The first-order valence-corrected chi connectivity index (χ1v) is 6.73. The van der Waals surface area contributed by atoms with Gasteiger partial charge in [0.1, 0.15) is 5.82 Å². The van der Waals surface area contributed by atoms with Crippen molar-refractivity contribution in [3.63, 3.8) is 0 Å². The van der Waals surface area contributed by atoms with Crippen LogP contribution in [0.15, 0.2) is 22.7 Å². The molecule has 0 radical (unpaired) electrons. The third-order valence-electron chi connectivity index (χ3n) is 1.95. The molecule has 0 saturated heterocycles. The van der Waals surface area contributed by atoms with E-state index in [0.717, 1.165) is 0 Å². The molecule has 0 aliphatic carbocycles. The number of hydrazine groups is 1. The van der Waals surface area contributed by atoms with Crippen molar-refractivity contribution >= 4 is 39.2 Å². The lowest BCUT2D eigenvalue weighted by molar-refractivity contribution is 0.0939. The summed E-state index contributed by atoms with van der Waals surface area (Å²) in [4.78, 5) is 11.8. The molecule has 0 spiro atoms. The predicted octanol–water partition coefficient (Wildman–Crippen LogP) is 2.50. The SMILES string of the molecule is CC(C)(C)NC(=S)NNC(=O)c1cc(Br)ccc1F. The van der Waals surface area contributed by atoms with Gasteiger partial charge in [0.25, 0.3) is 5.91 Å². The number of amides is 1. The summed E-state index contributed by atoms with van der Waals surface area (Å²) in [6, 6.07) is 4.13. The number of thiocarbonyl (C=S) groups is 1. The fourth-order valence-electron chi connectivity index (χ4n) is 1.22. The van der Waals surface area contributed by atoms with Crippen LogP contribution in [0.25, 0.3) is 0 Å². The number of rotatable bonds is 1. The topological polar surface area (TPSA) is 53.2 Å². The summed E-state index contributed by atoms with van der Waals surface area (Å²) in [6.07, 6.45) is 0. The number of hydrogen-bond donors (Lipinski definition) is 3. The molecular formula is C12H15BrFN3OS. The van der Waals surface area contributed by atoms with Gasteiger partial charge in [-0.1, -0.05) is 15.9 Å². The van der Waals surface area contributed by atoms with Gasteiger partial charge in [-0.05, 0) is 51.2 Å². The molecule has 4 nitrogen and oxygen atoms in total. The van der Waals surface area contributed by atoms with Gasteiger partial charge in [0.2, 0.25) is 0 Å². The van der Waals surface area contributed by atoms with Gasteiger partial charge in [-0.2, -0.15) is 0 Å². The van der Waals surface area contributed by atoms with E-state index in [1.54, 1.807) is 0 Å². The molecule has 0 atom stereocenters. The first-order chi connectivity index (χ1) is 8.69. The highest BCUT2D eigenvalue weighted by Crippen LogP contribution is 2.15. The molecular weight excluding hydrogens is 333 g/mol. The van der Waals surface area contributed by atoms with Crippen molar-refractivity contribution in [1.29, 1.82) is 0 Å². The van der Waals surface area contributed by atoms with Gasteiger partial charge in [-0.25, -0.2) is 4.39 Å². The molecule has 0 bridgehead atoms. The number of hydrogen-bond acceptors (Lipinski definition) is 2. The highest BCUT2D eigenvalue weighted by atomic mass is 79.9. The summed E-state index contributed by atoms with van der Waals surface area (Å²) in [5.41, 5.74) is 4.56. The predicted molar refractivity (Wildman–Crippen MR) is 80.2 cm³/mol. The van der Waals surface area contributed by atoms with Crippen LogP contribution in [0.3, 0.4) is 0 Å². The zero-order valence-electron chi connectivity index (χ0n) is 10.8. The van der Waals surface area contributed by atoms with Crippen LogP contribution in [0.5, 0.6) is 0 Å². The molecule has 1 rings (SSSR count). The van der Waals surface area contributed by atoms with Crippen molar-refractivity contribution in [2.45, 2.75) is 26.3 Å². The molecule has 0 saturated carbocycles. The Balaban J connectivity index is 2.61. The highest BCUT2D eigenvalue weighted by Gasteiger charge is 2.14. The van der Waals surface area contributed by atoms with Crippen LogP contribution in [0.4, 0.5) is 4.39 Å². The van der Waals surface area contributed by atoms with Gasteiger partial charge in [0, 0.05) is 10.0 Å². The van der Waals surface area contributed by atoms with Crippen LogP contribution < -0.4 is 16.2 Å². The Morgan fingerprint density at radius 2 is 1.95 bits per heavy atom. The Morgan fingerprint density at radius 1 is 1.32 bits per heavy atom. The first kappa shape index (κ1) is 15.8. The van der Waals surface area contributed by atoms with Gasteiger partial charge in [0.15, 0.2) is 5.11 Å². The van der Waals surface area contributed by atoms with E-state index in [1.165, 1.54) is 18.2 Å². The summed E-state index contributed by atoms with van der Waals surface area (Å²) >= 11 is 8.17. The molecule has 1 aromatic carbocycles. The summed E-state index contributed by atoms with van der Waals surface area (Å²) in [5, 5.41) is 3.21. The van der Waals surface area contributed by atoms with Crippen LogP contribution >= 0.6 is 28.1 Å². The molecule has 19 heavy (non-hydrogen) atoms. The van der Waals surface area contributed by atoms with Gasteiger partial charge in [-0.15, -0.1) is 0 Å². The summed E-state index contributed by atoms with van der Waals surface area (Å²) in [5.74, 6) is -1.20. The van der Waals surface area contributed by atoms with Crippen molar-refractivity contribution in [3.05, 3.63) is 34.1 Å². The Morgan fingerprint density at radius 3 is 2.53 bits per heavy atom. The van der Waals surface area contributed by atoms with Gasteiger partial charge in [-0.3, -0.25) is 15.6 Å². The maximum atomic E-state index is 13.5. The zero-order valence-corrected chi connectivity index (χ0v) is 13.2. The van der Waals surface area contributed by atoms with Crippen molar-refractivity contribution in [3.8, 4) is 0 Å². The van der Waals surface area contributed by atoms with Crippen LogP contribution in [0.2, 0.25) is 0 Å². The molecule has 1 amide bonds. The Hall–Kier alpha value is -1.21. The first-order valence-electron chi connectivity index (χ1n) is 5.52. The second-order valence-electron chi connectivity index (χ2n) is 4.91. The monoisotopic (exact) mass is 347 g/mol. The largest absolute Gasteiger partial charge is 0.357 e. The van der Waals surface area contributed by atoms with E-state index in [0.29, 0.717) is 4.47 Å². The van der Waals surface area contributed by atoms with Crippen LogP contribution in [0.1, 0.15) is 31.1 Å². The number of carbonyl (C=O) groups is 1. The zero-order chi connectivity index (χ0) is 14.6. The quantitative estimate of drug-likeness (QED) is 0.539. The van der Waals surface area contributed by atoms with E-state index < -0.39 is 11.7 Å². The number of carbonyl (C=O) groups excluding carboxylic acids is 1. The molecule has 0 fully saturated rings. The Kier molecular flexibility index (Phi) is 5.25. The average molecular weight is 348 g/mol. The molecule has 7 heteroatoms. The third kappa shape index (κ3) is 5.52. The molecule has 0 unspecified atom stereocenters.